The molecule has 3 rings (SSSR count). The molecular weight excluding hydrogens is 307 g/mol. The van der Waals surface area contributed by atoms with E-state index in [-0.39, 0.29) is 17.4 Å². The summed E-state index contributed by atoms with van der Waals surface area (Å²) < 4.78 is 13.3. The van der Waals surface area contributed by atoms with E-state index in [1.165, 1.54) is 23.1 Å². The van der Waals surface area contributed by atoms with Crippen LogP contribution in [0.2, 0.25) is 0 Å². The first kappa shape index (κ1) is 16.2. The van der Waals surface area contributed by atoms with Gasteiger partial charge in [0.15, 0.2) is 0 Å². The zero-order chi connectivity index (χ0) is 17.1. The van der Waals surface area contributed by atoms with Crippen LogP contribution in [-0.2, 0) is 4.79 Å². The summed E-state index contributed by atoms with van der Waals surface area (Å²) in [6.07, 6.45) is 1.37. The van der Waals surface area contributed by atoms with Crippen LogP contribution in [0.3, 0.4) is 0 Å². The number of carbonyl (C=O) groups excluding carboxylic acids is 2. The Morgan fingerprint density at radius 3 is 2.71 bits per heavy atom. The summed E-state index contributed by atoms with van der Waals surface area (Å²) in [4.78, 5) is 26.7. The normalized spacial score (nSPS) is 16.9. The lowest BCUT2D eigenvalue weighted by molar-refractivity contribution is -0.119. The van der Waals surface area contributed by atoms with E-state index in [9.17, 15) is 14.0 Å². The minimum absolute atomic E-state index is 0.206. The highest BCUT2D eigenvalue weighted by Gasteiger charge is 2.34. The molecule has 1 fully saturated rings. The van der Waals surface area contributed by atoms with Crippen LogP contribution >= 0.6 is 0 Å². The Morgan fingerprint density at radius 2 is 1.96 bits per heavy atom. The van der Waals surface area contributed by atoms with Crippen molar-refractivity contribution < 1.29 is 14.0 Å². The number of aryl methyl sites for hydroxylation is 1. The molecule has 2 aromatic carbocycles. The Morgan fingerprint density at radius 1 is 1.17 bits per heavy atom. The van der Waals surface area contributed by atoms with Crippen LogP contribution in [0.1, 0.15) is 28.8 Å². The molecule has 0 bridgehead atoms. The molecule has 0 aliphatic carbocycles. The quantitative estimate of drug-likeness (QED) is 0.940. The molecule has 24 heavy (non-hydrogen) atoms. The van der Waals surface area contributed by atoms with E-state index in [4.69, 9.17) is 0 Å². The summed E-state index contributed by atoms with van der Waals surface area (Å²) >= 11 is 0. The van der Waals surface area contributed by atoms with Crippen LogP contribution < -0.4 is 5.32 Å². The summed E-state index contributed by atoms with van der Waals surface area (Å²) in [5.41, 5.74) is 2.03. The molecule has 1 saturated heterocycles. The third-order valence-electron chi connectivity index (χ3n) is 4.17. The number of nitrogens with one attached hydrogen (secondary N) is 1. The van der Waals surface area contributed by atoms with E-state index in [1.807, 2.05) is 31.2 Å². The third-order valence-corrected chi connectivity index (χ3v) is 4.17. The molecule has 1 unspecified atom stereocenters. The molecular formula is C19H19FN2O2. The van der Waals surface area contributed by atoms with Gasteiger partial charge >= 0.3 is 0 Å². The van der Waals surface area contributed by atoms with Gasteiger partial charge in [-0.05, 0) is 55.7 Å². The summed E-state index contributed by atoms with van der Waals surface area (Å²) in [6, 6.07) is 12.6. The van der Waals surface area contributed by atoms with Gasteiger partial charge in [-0.25, -0.2) is 4.39 Å². The van der Waals surface area contributed by atoms with Crippen molar-refractivity contribution in [3.63, 3.8) is 0 Å². The van der Waals surface area contributed by atoms with Crippen molar-refractivity contribution >= 4 is 17.5 Å². The first-order valence-corrected chi connectivity index (χ1v) is 7.98. The van der Waals surface area contributed by atoms with Crippen molar-refractivity contribution in [1.29, 1.82) is 0 Å². The molecule has 5 heteroatoms. The van der Waals surface area contributed by atoms with Gasteiger partial charge in [-0.2, -0.15) is 0 Å². The summed E-state index contributed by atoms with van der Waals surface area (Å²) in [5.74, 6) is -0.972. The van der Waals surface area contributed by atoms with Gasteiger partial charge in [0.2, 0.25) is 5.91 Å². The van der Waals surface area contributed by atoms with E-state index in [1.54, 1.807) is 6.07 Å². The number of likely N-dealkylation sites (tertiary alicyclic amines) is 1. The zero-order valence-corrected chi connectivity index (χ0v) is 13.5. The average Bonchev–Trinajstić information content (AvgIpc) is 3.04. The van der Waals surface area contributed by atoms with Gasteiger partial charge in [0.1, 0.15) is 11.9 Å². The van der Waals surface area contributed by atoms with Crippen molar-refractivity contribution in [2.45, 2.75) is 25.8 Å². The molecule has 0 aromatic heterocycles. The van der Waals surface area contributed by atoms with Gasteiger partial charge in [-0.15, -0.1) is 0 Å². The second kappa shape index (κ2) is 6.83. The van der Waals surface area contributed by atoms with E-state index in [0.717, 1.165) is 12.0 Å². The maximum absolute atomic E-state index is 13.3. The highest BCUT2D eigenvalue weighted by molar-refractivity contribution is 6.01. The summed E-state index contributed by atoms with van der Waals surface area (Å²) in [7, 11) is 0. The minimum Gasteiger partial charge on any atom is -0.327 e. The topological polar surface area (TPSA) is 49.4 Å². The molecule has 4 nitrogen and oxygen atoms in total. The van der Waals surface area contributed by atoms with Crippen molar-refractivity contribution in [2.75, 3.05) is 11.9 Å². The molecule has 124 valence electrons. The first-order valence-electron chi connectivity index (χ1n) is 7.98. The second-order valence-electron chi connectivity index (χ2n) is 6.03. The SMILES string of the molecule is Cc1cccc(NC(=O)C2CCCN2C(=O)c2cccc(F)c2)c1. The van der Waals surface area contributed by atoms with Crippen LogP contribution in [0.25, 0.3) is 0 Å². The lowest BCUT2D eigenvalue weighted by Crippen LogP contribution is -2.43. The summed E-state index contributed by atoms with van der Waals surface area (Å²) in [6.45, 7) is 2.45. The van der Waals surface area contributed by atoms with Gasteiger partial charge in [-0.1, -0.05) is 18.2 Å². The van der Waals surface area contributed by atoms with E-state index >= 15 is 0 Å². The van der Waals surface area contributed by atoms with Crippen molar-refractivity contribution in [1.82, 2.24) is 4.90 Å². The fraction of sp³-hybridized carbons (Fsp3) is 0.263. The largest absolute Gasteiger partial charge is 0.327 e. The standard InChI is InChI=1S/C19H19FN2O2/c1-13-5-2-8-16(11-13)21-18(23)17-9-4-10-22(17)19(24)14-6-3-7-15(20)12-14/h2-3,5-8,11-12,17H,4,9-10H2,1H3,(H,21,23). The molecule has 2 aromatic rings. The van der Waals surface area contributed by atoms with Crippen molar-refractivity contribution in [3.05, 3.63) is 65.5 Å². The zero-order valence-electron chi connectivity index (χ0n) is 13.5. The van der Waals surface area contributed by atoms with E-state index in [0.29, 0.717) is 18.7 Å². The predicted molar refractivity (Wildman–Crippen MR) is 90.3 cm³/mol. The van der Waals surface area contributed by atoms with Gasteiger partial charge in [0, 0.05) is 17.8 Å². The number of carbonyl (C=O) groups is 2. The number of hydrogen-bond acceptors (Lipinski definition) is 2. The number of hydrogen-bond donors (Lipinski definition) is 1. The number of rotatable bonds is 3. The molecule has 1 atom stereocenters. The Balaban J connectivity index is 1.75. The molecule has 0 radical (unpaired) electrons. The molecule has 1 N–H and O–H groups in total. The number of nitrogens with zero attached hydrogens (tertiary/aromatic N) is 1. The Labute approximate surface area is 140 Å². The number of halogens is 1. The van der Waals surface area contributed by atoms with E-state index in [2.05, 4.69) is 5.32 Å². The minimum atomic E-state index is -0.527. The lowest BCUT2D eigenvalue weighted by atomic mass is 10.1. The van der Waals surface area contributed by atoms with Gasteiger partial charge < -0.3 is 10.2 Å². The smallest absolute Gasteiger partial charge is 0.254 e. The van der Waals surface area contributed by atoms with Crippen LogP contribution in [-0.4, -0.2) is 29.3 Å². The van der Waals surface area contributed by atoms with Crippen LogP contribution in [0.5, 0.6) is 0 Å². The van der Waals surface area contributed by atoms with Gasteiger partial charge in [-0.3, -0.25) is 9.59 Å². The van der Waals surface area contributed by atoms with Crippen LogP contribution in [0.4, 0.5) is 10.1 Å². The van der Waals surface area contributed by atoms with Gasteiger partial charge in [0.05, 0.1) is 0 Å². The average molecular weight is 326 g/mol. The first-order chi connectivity index (χ1) is 11.5. The van der Waals surface area contributed by atoms with Gasteiger partial charge in [0.25, 0.3) is 5.91 Å². The molecule has 1 aliphatic heterocycles. The van der Waals surface area contributed by atoms with E-state index < -0.39 is 11.9 Å². The highest BCUT2D eigenvalue weighted by Crippen LogP contribution is 2.22. The molecule has 0 spiro atoms. The molecule has 1 heterocycles. The van der Waals surface area contributed by atoms with Crippen molar-refractivity contribution in [2.24, 2.45) is 0 Å². The Kier molecular flexibility index (Phi) is 4.60. The molecule has 2 amide bonds. The summed E-state index contributed by atoms with van der Waals surface area (Å²) in [5, 5.41) is 2.87. The molecule has 0 saturated carbocycles. The maximum atomic E-state index is 13.3. The monoisotopic (exact) mass is 326 g/mol. The Hall–Kier alpha value is -2.69. The number of anilines is 1. The fourth-order valence-corrected chi connectivity index (χ4v) is 3.02. The van der Waals surface area contributed by atoms with Crippen LogP contribution in [0, 0.1) is 12.7 Å². The Bertz CT molecular complexity index is 775. The molecule has 1 aliphatic rings. The fourth-order valence-electron chi connectivity index (χ4n) is 3.02. The third kappa shape index (κ3) is 3.45. The highest BCUT2D eigenvalue weighted by atomic mass is 19.1. The second-order valence-corrected chi connectivity index (χ2v) is 6.03. The maximum Gasteiger partial charge on any atom is 0.254 e. The number of amides is 2. The predicted octanol–water partition coefficient (Wildman–Crippen LogP) is 3.38. The van der Waals surface area contributed by atoms with Crippen LogP contribution in [0.15, 0.2) is 48.5 Å². The number of benzene rings is 2. The lowest BCUT2D eigenvalue weighted by Gasteiger charge is -2.24. The van der Waals surface area contributed by atoms with Crippen molar-refractivity contribution in [3.8, 4) is 0 Å².